The number of nitrogens with zero attached hydrogens (tertiary/aromatic N) is 3. The minimum absolute atomic E-state index is 0.247. The molecule has 1 aromatic carbocycles. The molecule has 2 aromatic rings. The highest BCUT2D eigenvalue weighted by Gasteiger charge is 2.04. The predicted octanol–water partition coefficient (Wildman–Crippen LogP) is 2.83. The molecule has 0 fully saturated rings. The van der Waals surface area contributed by atoms with Gasteiger partial charge in [-0.05, 0) is 23.8 Å². The Morgan fingerprint density at radius 1 is 1.47 bits per heavy atom. The van der Waals surface area contributed by atoms with E-state index in [9.17, 15) is 4.39 Å². The maximum Gasteiger partial charge on any atom is 0.211 e. The highest BCUT2D eigenvalue weighted by Crippen LogP contribution is 2.18. The maximum absolute atomic E-state index is 13.0. The molecule has 0 aliphatic rings. The van der Waals surface area contributed by atoms with Crippen LogP contribution in [0.5, 0.6) is 0 Å². The molecule has 15 heavy (non-hydrogen) atoms. The minimum Gasteiger partial charge on any atom is -0.247 e. The second-order valence-electron chi connectivity index (χ2n) is 2.95. The van der Waals surface area contributed by atoms with E-state index in [1.807, 2.05) is 22.6 Å². The van der Waals surface area contributed by atoms with E-state index in [0.29, 0.717) is 10.4 Å². The number of hydrogen-bond donors (Lipinski definition) is 0. The summed E-state index contributed by atoms with van der Waals surface area (Å²) in [5.74, 6) is -0.247. The molecule has 0 unspecified atom stereocenters. The monoisotopic (exact) mass is 381 g/mol. The van der Waals surface area contributed by atoms with Crippen molar-refractivity contribution < 1.29 is 4.39 Å². The standard InChI is InChI=1S/C9H6BrFIN3/c10-8-2-1-7(11)3-6(8)4-15-5-13-9(12)14-15/h1-3,5H,4H2. The van der Waals surface area contributed by atoms with Crippen LogP contribution in [0.2, 0.25) is 0 Å². The Balaban J connectivity index is 2.27. The van der Waals surface area contributed by atoms with Crippen LogP contribution in [-0.4, -0.2) is 14.8 Å². The summed E-state index contributed by atoms with van der Waals surface area (Å²) in [6.07, 6.45) is 1.62. The third-order valence-corrected chi connectivity index (χ3v) is 3.12. The first kappa shape index (κ1) is 11.0. The third kappa shape index (κ3) is 2.75. The Morgan fingerprint density at radius 3 is 2.93 bits per heavy atom. The van der Waals surface area contributed by atoms with Gasteiger partial charge in [0.05, 0.1) is 6.54 Å². The molecular formula is C9H6BrFIN3. The van der Waals surface area contributed by atoms with Gasteiger partial charge in [0.1, 0.15) is 12.1 Å². The third-order valence-electron chi connectivity index (χ3n) is 1.85. The van der Waals surface area contributed by atoms with Crippen LogP contribution in [0, 0.1) is 9.65 Å². The highest BCUT2D eigenvalue weighted by atomic mass is 127. The molecule has 0 amide bonds. The second-order valence-corrected chi connectivity index (χ2v) is 4.77. The molecule has 1 heterocycles. The van der Waals surface area contributed by atoms with Gasteiger partial charge in [0.25, 0.3) is 0 Å². The lowest BCUT2D eigenvalue weighted by molar-refractivity contribution is 0.617. The topological polar surface area (TPSA) is 30.7 Å². The van der Waals surface area contributed by atoms with Crippen LogP contribution in [-0.2, 0) is 6.54 Å². The molecule has 6 heteroatoms. The van der Waals surface area contributed by atoms with Crippen LogP contribution in [0.1, 0.15) is 5.56 Å². The number of aromatic nitrogens is 3. The molecule has 0 bridgehead atoms. The summed E-state index contributed by atoms with van der Waals surface area (Å²) >= 11 is 5.39. The van der Waals surface area contributed by atoms with Crippen molar-refractivity contribution in [1.29, 1.82) is 0 Å². The van der Waals surface area contributed by atoms with Crippen LogP contribution >= 0.6 is 38.5 Å². The van der Waals surface area contributed by atoms with Crippen molar-refractivity contribution in [3.05, 3.63) is 44.2 Å². The molecule has 0 spiro atoms. The fraction of sp³-hybridized carbons (Fsp3) is 0.111. The van der Waals surface area contributed by atoms with Gasteiger partial charge >= 0.3 is 0 Å². The van der Waals surface area contributed by atoms with Crippen molar-refractivity contribution in [2.24, 2.45) is 0 Å². The Bertz CT molecular complexity index is 486. The highest BCUT2D eigenvalue weighted by molar-refractivity contribution is 14.1. The number of hydrogen-bond acceptors (Lipinski definition) is 2. The Labute approximate surface area is 108 Å². The fourth-order valence-corrected chi connectivity index (χ4v) is 1.96. The van der Waals surface area contributed by atoms with Gasteiger partial charge in [-0.3, -0.25) is 0 Å². The van der Waals surface area contributed by atoms with E-state index >= 15 is 0 Å². The summed E-state index contributed by atoms with van der Waals surface area (Å²) in [6, 6.07) is 4.59. The van der Waals surface area contributed by atoms with Gasteiger partial charge < -0.3 is 0 Å². The smallest absolute Gasteiger partial charge is 0.211 e. The summed E-state index contributed by atoms with van der Waals surface area (Å²) < 4.78 is 16.2. The molecule has 0 N–H and O–H groups in total. The van der Waals surface area contributed by atoms with E-state index in [2.05, 4.69) is 26.0 Å². The zero-order valence-corrected chi connectivity index (χ0v) is 11.2. The van der Waals surface area contributed by atoms with Crippen molar-refractivity contribution in [3.8, 4) is 0 Å². The zero-order chi connectivity index (χ0) is 10.8. The SMILES string of the molecule is Fc1ccc(Br)c(Cn2cnc(I)n2)c1. The first-order valence-electron chi connectivity index (χ1n) is 4.14. The number of rotatable bonds is 2. The van der Waals surface area contributed by atoms with Crippen LogP contribution < -0.4 is 0 Å². The lowest BCUT2D eigenvalue weighted by Gasteiger charge is -2.03. The van der Waals surface area contributed by atoms with Gasteiger partial charge in [0, 0.05) is 27.1 Å². The summed E-state index contributed by atoms with van der Waals surface area (Å²) in [4.78, 5) is 3.99. The molecule has 0 atom stereocenters. The first-order chi connectivity index (χ1) is 7.15. The van der Waals surface area contributed by atoms with E-state index in [4.69, 9.17) is 0 Å². The molecule has 78 valence electrons. The van der Waals surface area contributed by atoms with Gasteiger partial charge in [-0.1, -0.05) is 15.9 Å². The summed E-state index contributed by atoms with van der Waals surface area (Å²) in [5, 5.41) is 4.13. The van der Waals surface area contributed by atoms with E-state index in [-0.39, 0.29) is 5.82 Å². The lowest BCUT2D eigenvalue weighted by Crippen LogP contribution is -2.01. The molecule has 0 aliphatic carbocycles. The predicted molar refractivity (Wildman–Crippen MR) is 65.9 cm³/mol. The van der Waals surface area contributed by atoms with Crippen molar-refractivity contribution in [2.45, 2.75) is 6.54 Å². The van der Waals surface area contributed by atoms with E-state index in [1.54, 1.807) is 17.1 Å². The Morgan fingerprint density at radius 2 is 2.27 bits per heavy atom. The van der Waals surface area contributed by atoms with Crippen LogP contribution in [0.4, 0.5) is 4.39 Å². The van der Waals surface area contributed by atoms with Gasteiger partial charge in [0.2, 0.25) is 3.83 Å². The quantitative estimate of drug-likeness (QED) is 0.749. The van der Waals surface area contributed by atoms with E-state index in [1.165, 1.54) is 12.1 Å². The Kier molecular flexibility index (Phi) is 3.35. The lowest BCUT2D eigenvalue weighted by atomic mass is 10.2. The normalized spacial score (nSPS) is 10.6. The van der Waals surface area contributed by atoms with Crippen LogP contribution in [0.25, 0.3) is 0 Å². The van der Waals surface area contributed by atoms with Gasteiger partial charge in [-0.25, -0.2) is 14.1 Å². The average Bonchev–Trinajstić information content (AvgIpc) is 2.58. The molecule has 0 radical (unpaired) electrons. The van der Waals surface area contributed by atoms with Crippen molar-refractivity contribution in [3.63, 3.8) is 0 Å². The van der Waals surface area contributed by atoms with Crippen molar-refractivity contribution in [2.75, 3.05) is 0 Å². The maximum atomic E-state index is 13.0. The molecule has 0 saturated carbocycles. The molecule has 0 aliphatic heterocycles. The zero-order valence-electron chi connectivity index (χ0n) is 7.49. The van der Waals surface area contributed by atoms with Crippen molar-refractivity contribution in [1.82, 2.24) is 14.8 Å². The second kappa shape index (κ2) is 4.56. The fourth-order valence-electron chi connectivity index (χ4n) is 1.19. The first-order valence-corrected chi connectivity index (χ1v) is 6.01. The van der Waals surface area contributed by atoms with Gasteiger partial charge in [-0.2, -0.15) is 0 Å². The minimum atomic E-state index is -0.247. The number of benzene rings is 1. The van der Waals surface area contributed by atoms with Crippen LogP contribution in [0.15, 0.2) is 29.0 Å². The van der Waals surface area contributed by atoms with Gasteiger partial charge in [0.15, 0.2) is 0 Å². The van der Waals surface area contributed by atoms with Gasteiger partial charge in [-0.15, -0.1) is 5.10 Å². The molecule has 3 nitrogen and oxygen atoms in total. The molecule has 2 rings (SSSR count). The average molecular weight is 382 g/mol. The summed E-state index contributed by atoms with van der Waals surface area (Å²) in [5.41, 5.74) is 0.844. The summed E-state index contributed by atoms with van der Waals surface area (Å²) in [7, 11) is 0. The Hall–Kier alpha value is -0.500. The molecular weight excluding hydrogens is 376 g/mol. The molecule has 1 aromatic heterocycles. The van der Waals surface area contributed by atoms with Crippen molar-refractivity contribution >= 4 is 38.5 Å². The largest absolute Gasteiger partial charge is 0.247 e. The summed E-state index contributed by atoms with van der Waals surface area (Å²) in [6.45, 7) is 0.508. The van der Waals surface area contributed by atoms with E-state index < -0.39 is 0 Å². The molecule has 0 saturated heterocycles. The van der Waals surface area contributed by atoms with E-state index in [0.717, 1.165) is 10.0 Å². The van der Waals surface area contributed by atoms with Crippen LogP contribution in [0.3, 0.4) is 0 Å². The number of halogens is 3.